The van der Waals surface area contributed by atoms with E-state index >= 15 is 0 Å². The van der Waals surface area contributed by atoms with Crippen LogP contribution in [0.25, 0.3) is 0 Å². The summed E-state index contributed by atoms with van der Waals surface area (Å²) in [6, 6.07) is 13.7. The lowest BCUT2D eigenvalue weighted by atomic mass is 10.0. The normalized spacial score (nSPS) is 12.1. The number of hydrogen-bond donors (Lipinski definition) is 0. The summed E-state index contributed by atoms with van der Waals surface area (Å²) in [6.07, 6.45) is 0. The second-order valence-corrected chi connectivity index (χ2v) is 6.58. The van der Waals surface area contributed by atoms with Crippen LogP contribution in [-0.4, -0.2) is 4.21 Å². The third-order valence-electron chi connectivity index (χ3n) is 3.28. The lowest BCUT2D eigenvalue weighted by molar-refractivity contribution is 0.614. The first-order valence-electron chi connectivity index (χ1n) is 6.68. The lowest BCUT2D eigenvalue weighted by Crippen LogP contribution is -2.00. The first kappa shape index (κ1) is 15.4. The maximum atomic E-state index is 13.8. The highest BCUT2D eigenvalue weighted by atomic mass is 32.2. The molecule has 0 aliphatic heterocycles. The summed E-state index contributed by atoms with van der Waals surface area (Å²) in [4.78, 5) is 0.683. The Bertz CT molecular complexity index is 702. The van der Waals surface area contributed by atoms with Gasteiger partial charge in [-0.1, -0.05) is 32.0 Å². The minimum Gasteiger partial charge on any atom is -0.254 e. The first-order valence-corrected chi connectivity index (χ1v) is 8.00. The van der Waals surface area contributed by atoms with E-state index in [2.05, 4.69) is 13.8 Å². The molecule has 2 rings (SSSR count). The second-order valence-electron chi connectivity index (χ2n) is 5.13. The van der Waals surface area contributed by atoms with Gasteiger partial charge in [-0.15, -0.1) is 0 Å². The number of nitrogens with zero attached hydrogens (tertiary/aromatic N) is 1. The van der Waals surface area contributed by atoms with Crippen LogP contribution >= 0.6 is 0 Å². The Balaban J connectivity index is 2.16. The zero-order valence-electron chi connectivity index (χ0n) is 12.0. The van der Waals surface area contributed by atoms with Crippen molar-refractivity contribution < 1.29 is 8.60 Å². The van der Waals surface area contributed by atoms with Gasteiger partial charge in [-0.3, -0.25) is 4.21 Å². The standard InChI is InChI=1S/C17H16FNOS/c1-12(2)14-5-7-16(8-6-14)21(20)11-15-4-3-13(10-19)9-17(15)18/h3-9,12H,11H2,1-2H3. The van der Waals surface area contributed by atoms with Gasteiger partial charge in [0.25, 0.3) is 0 Å². The van der Waals surface area contributed by atoms with Crippen LogP contribution in [0.5, 0.6) is 0 Å². The topological polar surface area (TPSA) is 40.9 Å². The molecule has 0 aliphatic rings. The van der Waals surface area contributed by atoms with Crippen LogP contribution in [-0.2, 0) is 16.6 Å². The molecule has 0 saturated carbocycles. The van der Waals surface area contributed by atoms with Crippen molar-refractivity contribution in [3.05, 3.63) is 65.0 Å². The van der Waals surface area contributed by atoms with Crippen LogP contribution in [0.4, 0.5) is 4.39 Å². The second kappa shape index (κ2) is 6.64. The molecule has 0 spiro atoms. The van der Waals surface area contributed by atoms with Gasteiger partial charge in [-0.2, -0.15) is 5.26 Å². The monoisotopic (exact) mass is 301 g/mol. The Morgan fingerprint density at radius 2 is 1.86 bits per heavy atom. The largest absolute Gasteiger partial charge is 0.254 e. The van der Waals surface area contributed by atoms with Gasteiger partial charge >= 0.3 is 0 Å². The Hall–Kier alpha value is -1.99. The number of benzene rings is 2. The molecule has 108 valence electrons. The summed E-state index contributed by atoms with van der Waals surface area (Å²) in [6.45, 7) is 4.19. The molecule has 0 N–H and O–H groups in total. The zero-order chi connectivity index (χ0) is 15.4. The quantitative estimate of drug-likeness (QED) is 0.852. The average Bonchev–Trinajstić information content (AvgIpc) is 2.49. The van der Waals surface area contributed by atoms with E-state index in [1.165, 1.54) is 23.8 Å². The summed E-state index contributed by atoms with van der Waals surface area (Å²) in [5.41, 5.74) is 1.81. The highest BCUT2D eigenvalue weighted by Gasteiger charge is 2.10. The van der Waals surface area contributed by atoms with E-state index in [4.69, 9.17) is 5.26 Å². The zero-order valence-corrected chi connectivity index (χ0v) is 12.8. The van der Waals surface area contributed by atoms with Crippen molar-refractivity contribution in [2.75, 3.05) is 0 Å². The molecule has 2 aromatic carbocycles. The van der Waals surface area contributed by atoms with E-state index in [-0.39, 0.29) is 11.3 Å². The van der Waals surface area contributed by atoms with Gasteiger partial charge in [0, 0.05) is 10.5 Å². The average molecular weight is 301 g/mol. The highest BCUT2D eigenvalue weighted by molar-refractivity contribution is 7.84. The van der Waals surface area contributed by atoms with Crippen LogP contribution in [0.3, 0.4) is 0 Å². The number of hydrogen-bond acceptors (Lipinski definition) is 2. The van der Waals surface area contributed by atoms with Crippen LogP contribution in [0.1, 0.15) is 36.5 Å². The fraction of sp³-hybridized carbons (Fsp3) is 0.235. The van der Waals surface area contributed by atoms with Gasteiger partial charge in [0.15, 0.2) is 0 Å². The van der Waals surface area contributed by atoms with E-state index in [0.29, 0.717) is 16.4 Å². The molecule has 0 amide bonds. The molecule has 0 aromatic heterocycles. The van der Waals surface area contributed by atoms with Gasteiger partial charge in [0.2, 0.25) is 0 Å². The van der Waals surface area contributed by atoms with E-state index in [1.54, 1.807) is 0 Å². The van der Waals surface area contributed by atoms with E-state index in [1.807, 2.05) is 30.3 Å². The summed E-state index contributed by atoms with van der Waals surface area (Å²) >= 11 is 0. The Labute approximate surface area is 126 Å². The first-order chi connectivity index (χ1) is 10.0. The molecule has 0 aliphatic carbocycles. The summed E-state index contributed by atoms with van der Waals surface area (Å²) in [5, 5.41) is 8.71. The molecular formula is C17H16FNOS. The van der Waals surface area contributed by atoms with E-state index in [9.17, 15) is 8.60 Å². The van der Waals surface area contributed by atoms with Crippen molar-refractivity contribution in [3.63, 3.8) is 0 Å². The molecule has 0 saturated heterocycles. The molecule has 2 nitrogen and oxygen atoms in total. The SMILES string of the molecule is CC(C)c1ccc(S(=O)Cc2ccc(C#N)cc2F)cc1. The number of halogens is 1. The molecule has 4 heteroatoms. The van der Waals surface area contributed by atoms with E-state index < -0.39 is 16.6 Å². The summed E-state index contributed by atoms with van der Waals surface area (Å²) in [7, 11) is -1.30. The van der Waals surface area contributed by atoms with Gasteiger partial charge in [-0.25, -0.2) is 4.39 Å². The van der Waals surface area contributed by atoms with Gasteiger partial charge in [-0.05, 0) is 35.7 Å². The Kier molecular flexibility index (Phi) is 4.87. The lowest BCUT2D eigenvalue weighted by Gasteiger charge is -2.07. The Morgan fingerprint density at radius 1 is 1.19 bits per heavy atom. The highest BCUT2D eigenvalue weighted by Crippen LogP contribution is 2.19. The third kappa shape index (κ3) is 3.77. The fourth-order valence-corrected chi connectivity index (χ4v) is 3.09. The van der Waals surface area contributed by atoms with Gasteiger partial charge in [0.05, 0.1) is 28.2 Å². The van der Waals surface area contributed by atoms with Crippen molar-refractivity contribution in [1.82, 2.24) is 0 Å². The smallest absolute Gasteiger partial charge is 0.128 e. The maximum absolute atomic E-state index is 13.8. The van der Waals surface area contributed by atoms with Crippen molar-refractivity contribution >= 4 is 10.8 Å². The van der Waals surface area contributed by atoms with Crippen molar-refractivity contribution in [2.45, 2.75) is 30.4 Å². The van der Waals surface area contributed by atoms with Crippen molar-refractivity contribution in [2.24, 2.45) is 0 Å². The molecule has 0 heterocycles. The number of rotatable bonds is 4. The molecule has 1 atom stereocenters. The third-order valence-corrected chi connectivity index (χ3v) is 4.65. The maximum Gasteiger partial charge on any atom is 0.128 e. The molecule has 21 heavy (non-hydrogen) atoms. The Morgan fingerprint density at radius 3 is 2.38 bits per heavy atom. The van der Waals surface area contributed by atoms with E-state index in [0.717, 1.165) is 0 Å². The van der Waals surface area contributed by atoms with Crippen LogP contribution in [0.15, 0.2) is 47.4 Å². The minimum atomic E-state index is -1.30. The van der Waals surface area contributed by atoms with Crippen LogP contribution in [0, 0.1) is 17.1 Å². The summed E-state index contributed by atoms with van der Waals surface area (Å²) < 4.78 is 26.1. The van der Waals surface area contributed by atoms with Gasteiger partial charge < -0.3 is 0 Å². The fourth-order valence-electron chi connectivity index (χ4n) is 1.96. The van der Waals surface area contributed by atoms with Crippen molar-refractivity contribution in [3.8, 4) is 6.07 Å². The molecule has 0 fully saturated rings. The predicted molar refractivity (Wildman–Crippen MR) is 81.8 cm³/mol. The molecule has 0 bridgehead atoms. The number of nitriles is 1. The van der Waals surface area contributed by atoms with Crippen molar-refractivity contribution in [1.29, 1.82) is 5.26 Å². The van der Waals surface area contributed by atoms with Crippen LogP contribution < -0.4 is 0 Å². The molecular weight excluding hydrogens is 285 g/mol. The summed E-state index contributed by atoms with van der Waals surface area (Å²) in [5.74, 6) is 0.0446. The van der Waals surface area contributed by atoms with Gasteiger partial charge in [0.1, 0.15) is 5.82 Å². The molecule has 0 radical (unpaired) electrons. The predicted octanol–water partition coefficient (Wildman–Crippen LogP) is 4.13. The van der Waals surface area contributed by atoms with Crippen LogP contribution in [0.2, 0.25) is 0 Å². The minimum absolute atomic E-state index is 0.110. The molecule has 1 unspecified atom stereocenters. The molecule has 2 aromatic rings.